The van der Waals surface area contributed by atoms with E-state index in [0.29, 0.717) is 0 Å². The number of aliphatic hydroxyl groups is 1. The predicted octanol–water partition coefficient (Wildman–Crippen LogP) is 1.53. The summed E-state index contributed by atoms with van der Waals surface area (Å²) in [5.41, 5.74) is -0.553. The first-order valence-corrected chi connectivity index (χ1v) is 7.12. The summed E-state index contributed by atoms with van der Waals surface area (Å²) in [6.45, 7) is 9.59. The van der Waals surface area contributed by atoms with E-state index in [1.54, 1.807) is 0 Å². The maximum Gasteiger partial charge on any atom is 0.237 e. The van der Waals surface area contributed by atoms with Crippen LogP contribution >= 0.6 is 0 Å². The average Bonchev–Trinajstić information content (AvgIpc) is 2.28. The zero-order valence-corrected chi connectivity index (χ0v) is 12.2. The Balaban J connectivity index is 2.40. The van der Waals surface area contributed by atoms with Crippen molar-refractivity contribution in [3.8, 4) is 0 Å². The molecule has 0 aromatic heterocycles. The summed E-state index contributed by atoms with van der Waals surface area (Å²) in [5.74, 6) is 0.109. The molecule has 0 aromatic carbocycles. The molecule has 1 fully saturated rings. The minimum atomic E-state index is -0.553. The van der Waals surface area contributed by atoms with Gasteiger partial charge in [-0.1, -0.05) is 13.3 Å². The van der Waals surface area contributed by atoms with Crippen LogP contribution in [0.15, 0.2) is 0 Å². The lowest BCUT2D eigenvalue weighted by Gasteiger charge is -2.38. The molecule has 1 heterocycles. The molecule has 1 amide bonds. The van der Waals surface area contributed by atoms with E-state index < -0.39 is 5.60 Å². The third-order valence-electron chi connectivity index (χ3n) is 3.91. The Bertz CT molecular complexity index is 269. The van der Waals surface area contributed by atoms with Gasteiger partial charge in [-0.15, -0.1) is 0 Å². The zero-order valence-electron chi connectivity index (χ0n) is 12.2. The molecular weight excluding hydrogens is 228 g/mol. The second-order valence-electron chi connectivity index (χ2n) is 5.91. The first kappa shape index (κ1) is 15.4. The summed E-state index contributed by atoms with van der Waals surface area (Å²) in [4.78, 5) is 14.2. The van der Waals surface area contributed by atoms with E-state index in [-0.39, 0.29) is 18.0 Å². The number of hydrogen-bond donors (Lipinski definition) is 2. The standard InChI is InChI=1S/C14H28N2O2/c1-5-6-11(2)15-13(17)12(3)16-9-7-14(4,18)8-10-16/h11-12,18H,5-10H2,1-4H3,(H,15,17). The molecule has 1 aliphatic rings. The van der Waals surface area contributed by atoms with Crippen molar-refractivity contribution < 1.29 is 9.90 Å². The second-order valence-corrected chi connectivity index (χ2v) is 5.91. The lowest BCUT2D eigenvalue weighted by molar-refractivity contribution is -0.128. The number of hydrogen-bond acceptors (Lipinski definition) is 3. The van der Waals surface area contributed by atoms with Crippen LogP contribution in [0.2, 0.25) is 0 Å². The zero-order chi connectivity index (χ0) is 13.8. The summed E-state index contributed by atoms with van der Waals surface area (Å²) in [5, 5.41) is 13.0. The maximum absolute atomic E-state index is 12.1. The van der Waals surface area contributed by atoms with Gasteiger partial charge in [0.1, 0.15) is 0 Å². The Morgan fingerprint density at radius 3 is 2.44 bits per heavy atom. The lowest BCUT2D eigenvalue weighted by atomic mass is 9.93. The Kier molecular flexibility index (Phi) is 5.60. The van der Waals surface area contributed by atoms with Crippen LogP contribution in [-0.4, -0.2) is 46.7 Å². The molecule has 0 bridgehead atoms. The fourth-order valence-electron chi connectivity index (χ4n) is 2.43. The first-order valence-electron chi connectivity index (χ1n) is 7.12. The van der Waals surface area contributed by atoms with E-state index in [9.17, 15) is 9.90 Å². The van der Waals surface area contributed by atoms with E-state index >= 15 is 0 Å². The van der Waals surface area contributed by atoms with E-state index in [4.69, 9.17) is 0 Å². The number of piperidine rings is 1. The summed E-state index contributed by atoms with van der Waals surface area (Å²) in [6.07, 6.45) is 3.60. The number of likely N-dealkylation sites (tertiary alicyclic amines) is 1. The van der Waals surface area contributed by atoms with Gasteiger partial charge in [0, 0.05) is 19.1 Å². The van der Waals surface area contributed by atoms with Crippen LogP contribution in [0.1, 0.15) is 53.4 Å². The normalized spacial score (nSPS) is 23.4. The number of amides is 1. The number of rotatable bonds is 5. The van der Waals surface area contributed by atoms with Gasteiger partial charge in [-0.2, -0.15) is 0 Å². The van der Waals surface area contributed by atoms with Gasteiger partial charge >= 0.3 is 0 Å². The molecule has 0 spiro atoms. The van der Waals surface area contributed by atoms with Crippen LogP contribution < -0.4 is 5.32 Å². The Labute approximate surface area is 111 Å². The van der Waals surface area contributed by atoms with Crippen molar-refractivity contribution in [3.05, 3.63) is 0 Å². The molecule has 0 aliphatic carbocycles. The van der Waals surface area contributed by atoms with Crippen molar-refractivity contribution >= 4 is 5.91 Å². The maximum atomic E-state index is 12.1. The van der Waals surface area contributed by atoms with Gasteiger partial charge < -0.3 is 10.4 Å². The Morgan fingerprint density at radius 1 is 1.39 bits per heavy atom. The van der Waals surface area contributed by atoms with Crippen molar-refractivity contribution in [2.45, 2.75) is 71.1 Å². The monoisotopic (exact) mass is 256 g/mol. The van der Waals surface area contributed by atoms with Crippen LogP contribution in [-0.2, 0) is 4.79 Å². The molecule has 2 N–H and O–H groups in total. The Hall–Kier alpha value is -0.610. The molecule has 4 heteroatoms. The fourth-order valence-corrected chi connectivity index (χ4v) is 2.43. The van der Waals surface area contributed by atoms with E-state index in [1.165, 1.54) is 0 Å². The molecule has 0 saturated carbocycles. The molecule has 106 valence electrons. The van der Waals surface area contributed by atoms with Crippen molar-refractivity contribution in [1.29, 1.82) is 0 Å². The molecule has 1 aliphatic heterocycles. The highest BCUT2D eigenvalue weighted by molar-refractivity contribution is 5.81. The van der Waals surface area contributed by atoms with Gasteiger partial charge in [-0.25, -0.2) is 0 Å². The van der Waals surface area contributed by atoms with Crippen molar-refractivity contribution in [2.24, 2.45) is 0 Å². The summed E-state index contributed by atoms with van der Waals surface area (Å²) >= 11 is 0. The van der Waals surface area contributed by atoms with E-state index in [2.05, 4.69) is 24.1 Å². The summed E-state index contributed by atoms with van der Waals surface area (Å²) < 4.78 is 0. The largest absolute Gasteiger partial charge is 0.390 e. The van der Waals surface area contributed by atoms with Crippen molar-refractivity contribution in [3.63, 3.8) is 0 Å². The van der Waals surface area contributed by atoms with Crippen molar-refractivity contribution in [1.82, 2.24) is 10.2 Å². The lowest BCUT2D eigenvalue weighted by Crippen LogP contribution is -2.52. The molecule has 2 atom stereocenters. The highest BCUT2D eigenvalue weighted by atomic mass is 16.3. The average molecular weight is 256 g/mol. The van der Waals surface area contributed by atoms with Gasteiger partial charge in [0.05, 0.1) is 11.6 Å². The first-order chi connectivity index (χ1) is 8.35. The Morgan fingerprint density at radius 2 is 1.94 bits per heavy atom. The highest BCUT2D eigenvalue weighted by Crippen LogP contribution is 2.22. The van der Waals surface area contributed by atoms with Gasteiger partial charge in [0.25, 0.3) is 0 Å². The van der Waals surface area contributed by atoms with Crippen LogP contribution in [0, 0.1) is 0 Å². The summed E-state index contributed by atoms with van der Waals surface area (Å²) in [7, 11) is 0. The van der Waals surface area contributed by atoms with Gasteiger partial charge in [0.2, 0.25) is 5.91 Å². The van der Waals surface area contributed by atoms with E-state index in [0.717, 1.165) is 38.8 Å². The number of nitrogens with zero attached hydrogens (tertiary/aromatic N) is 1. The van der Waals surface area contributed by atoms with Crippen LogP contribution in [0.5, 0.6) is 0 Å². The van der Waals surface area contributed by atoms with Gasteiger partial charge in [0.15, 0.2) is 0 Å². The van der Waals surface area contributed by atoms with E-state index in [1.807, 2.05) is 13.8 Å². The minimum absolute atomic E-state index is 0.0968. The van der Waals surface area contributed by atoms with Crippen LogP contribution in [0.4, 0.5) is 0 Å². The molecule has 0 radical (unpaired) electrons. The summed E-state index contributed by atoms with van der Waals surface area (Å²) in [6, 6.07) is 0.151. The third kappa shape index (κ3) is 4.58. The smallest absolute Gasteiger partial charge is 0.237 e. The quantitative estimate of drug-likeness (QED) is 0.784. The molecule has 2 unspecified atom stereocenters. The van der Waals surface area contributed by atoms with Gasteiger partial charge in [-0.3, -0.25) is 9.69 Å². The molecule has 1 saturated heterocycles. The molecular formula is C14H28N2O2. The fraction of sp³-hybridized carbons (Fsp3) is 0.929. The molecule has 0 aromatic rings. The van der Waals surface area contributed by atoms with Crippen molar-refractivity contribution in [2.75, 3.05) is 13.1 Å². The third-order valence-corrected chi connectivity index (χ3v) is 3.91. The second kappa shape index (κ2) is 6.53. The van der Waals surface area contributed by atoms with Crippen LogP contribution in [0.3, 0.4) is 0 Å². The van der Waals surface area contributed by atoms with Crippen LogP contribution in [0.25, 0.3) is 0 Å². The van der Waals surface area contributed by atoms with Gasteiger partial charge in [-0.05, 0) is 40.0 Å². The molecule has 1 rings (SSSR count). The number of carbonyl (C=O) groups excluding carboxylic acids is 1. The number of nitrogens with one attached hydrogen (secondary N) is 1. The SMILES string of the molecule is CCCC(C)NC(=O)C(C)N1CCC(C)(O)CC1. The molecule has 18 heavy (non-hydrogen) atoms. The molecule has 4 nitrogen and oxygen atoms in total. The minimum Gasteiger partial charge on any atom is -0.390 e. The topological polar surface area (TPSA) is 52.6 Å². The highest BCUT2D eigenvalue weighted by Gasteiger charge is 2.31. The predicted molar refractivity (Wildman–Crippen MR) is 73.4 cm³/mol. The number of carbonyl (C=O) groups is 1.